The lowest BCUT2D eigenvalue weighted by molar-refractivity contribution is 0.186. The van der Waals surface area contributed by atoms with Crippen molar-refractivity contribution in [3.63, 3.8) is 0 Å². The zero-order chi connectivity index (χ0) is 13.8. The van der Waals surface area contributed by atoms with Crippen LogP contribution in [-0.2, 0) is 6.42 Å². The van der Waals surface area contributed by atoms with Crippen molar-refractivity contribution in [2.75, 3.05) is 13.1 Å². The van der Waals surface area contributed by atoms with E-state index in [-0.39, 0.29) is 6.04 Å². The van der Waals surface area contributed by atoms with Crippen LogP contribution in [-0.4, -0.2) is 24.0 Å². The van der Waals surface area contributed by atoms with Gasteiger partial charge in [-0.05, 0) is 49.8 Å². The summed E-state index contributed by atoms with van der Waals surface area (Å²) >= 11 is 0. The number of benzene rings is 1. The Balaban J connectivity index is 2.00. The number of nitrogens with two attached hydrogens (primary N) is 1. The summed E-state index contributed by atoms with van der Waals surface area (Å²) in [7, 11) is 0. The minimum absolute atomic E-state index is 0.115. The summed E-state index contributed by atoms with van der Waals surface area (Å²) in [6.45, 7) is 9.01. The molecular formula is C17H28N2. The number of nitrogens with zero attached hydrogens (tertiary/aromatic N) is 1. The van der Waals surface area contributed by atoms with E-state index in [4.69, 9.17) is 5.73 Å². The molecule has 0 aromatic heterocycles. The van der Waals surface area contributed by atoms with Crippen LogP contribution >= 0.6 is 0 Å². The summed E-state index contributed by atoms with van der Waals surface area (Å²) < 4.78 is 0. The highest BCUT2D eigenvalue weighted by atomic mass is 15.2. The molecule has 2 N–H and O–H groups in total. The third-order valence-corrected chi connectivity index (χ3v) is 4.46. The highest BCUT2D eigenvalue weighted by Gasteiger charge is 2.28. The highest BCUT2D eigenvalue weighted by Crippen LogP contribution is 2.31. The minimum Gasteiger partial charge on any atom is -0.323 e. The summed E-state index contributed by atoms with van der Waals surface area (Å²) in [6.07, 6.45) is 3.90. The van der Waals surface area contributed by atoms with E-state index >= 15 is 0 Å². The number of hydrogen-bond donors (Lipinski definition) is 1. The van der Waals surface area contributed by atoms with Crippen LogP contribution in [0, 0.1) is 5.92 Å². The molecule has 1 aromatic rings. The molecule has 1 fully saturated rings. The fourth-order valence-corrected chi connectivity index (χ4v) is 2.70. The van der Waals surface area contributed by atoms with Crippen molar-refractivity contribution in [3.8, 4) is 0 Å². The molecule has 2 atom stereocenters. The van der Waals surface area contributed by atoms with Crippen molar-refractivity contribution in [2.45, 2.75) is 52.1 Å². The Kier molecular flexibility index (Phi) is 5.00. The first kappa shape index (κ1) is 14.5. The standard InChI is InChI=1S/C17H28N2/c1-4-14-8-10-16(11-9-14)17(18)13(3)19(5-2)12-15-6-7-15/h8-11,13,15,17H,4-7,12,18H2,1-3H3. The van der Waals surface area contributed by atoms with E-state index in [1.807, 2.05) is 0 Å². The molecule has 0 saturated heterocycles. The molecule has 106 valence electrons. The Morgan fingerprint density at radius 1 is 1.21 bits per heavy atom. The van der Waals surface area contributed by atoms with Gasteiger partial charge in [0.15, 0.2) is 0 Å². The Hall–Kier alpha value is -0.860. The first-order chi connectivity index (χ1) is 9.15. The molecule has 0 spiro atoms. The lowest BCUT2D eigenvalue weighted by Crippen LogP contribution is -2.41. The van der Waals surface area contributed by atoms with Crippen LogP contribution < -0.4 is 5.73 Å². The zero-order valence-corrected chi connectivity index (χ0v) is 12.6. The Morgan fingerprint density at radius 3 is 2.32 bits per heavy atom. The monoisotopic (exact) mass is 260 g/mol. The fourth-order valence-electron chi connectivity index (χ4n) is 2.70. The van der Waals surface area contributed by atoms with Crippen molar-refractivity contribution in [2.24, 2.45) is 11.7 Å². The first-order valence-corrected chi connectivity index (χ1v) is 7.74. The van der Waals surface area contributed by atoms with Gasteiger partial charge in [-0.2, -0.15) is 0 Å². The van der Waals surface area contributed by atoms with Gasteiger partial charge < -0.3 is 5.73 Å². The van der Waals surface area contributed by atoms with Gasteiger partial charge in [0.05, 0.1) is 0 Å². The second kappa shape index (κ2) is 6.53. The van der Waals surface area contributed by atoms with Crippen LogP contribution in [0.5, 0.6) is 0 Å². The average molecular weight is 260 g/mol. The smallest absolute Gasteiger partial charge is 0.0450 e. The third-order valence-electron chi connectivity index (χ3n) is 4.46. The average Bonchev–Trinajstić information content (AvgIpc) is 3.27. The Labute approximate surface area is 118 Å². The fraction of sp³-hybridized carbons (Fsp3) is 0.647. The van der Waals surface area contributed by atoms with Gasteiger partial charge in [0, 0.05) is 18.6 Å². The first-order valence-electron chi connectivity index (χ1n) is 7.74. The van der Waals surface area contributed by atoms with Gasteiger partial charge in [0.1, 0.15) is 0 Å². The summed E-state index contributed by atoms with van der Waals surface area (Å²) in [5.74, 6) is 0.928. The quantitative estimate of drug-likeness (QED) is 0.814. The minimum atomic E-state index is 0.115. The number of hydrogen-bond acceptors (Lipinski definition) is 2. The van der Waals surface area contributed by atoms with Crippen molar-refractivity contribution < 1.29 is 0 Å². The Morgan fingerprint density at radius 2 is 1.84 bits per heavy atom. The summed E-state index contributed by atoms with van der Waals surface area (Å²) in [5.41, 5.74) is 9.11. The highest BCUT2D eigenvalue weighted by molar-refractivity contribution is 5.25. The van der Waals surface area contributed by atoms with Crippen LogP contribution in [0.3, 0.4) is 0 Å². The van der Waals surface area contributed by atoms with Gasteiger partial charge in [-0.15, -0.1) is 0 Å². The van der Waals surface area contributed by atoms with E-state index in [2.05, 4.69) is 49.9 Å². The molecule has 2 nitrogen and oxygen atoms in total. The molecule has 0 radical (unpaired) electrons. The van der Waals surface area contributed by atoms with Gasteiger partial charge in [-0.3, -0.25) is 4.90 Å². The van der Waals surface area contributed by atoms with E-state index in [1.54, 1.807) is 0 Å². The normalized spacial score (nSPS) is 18.6. The summed E-state index contributed by atoms with van der Waals surface area (Å²) in [4.78, 5) is 2.54. The maximum Gasteiger partial charge on any atom is 0.0450 e. The number of likely N-dealkylation sites (N-methyl/N-ethyl adjacent to an activating group) is 1. The third kappa shape index (κ3) is 3.80. The molecule has 0 amide bonds. The molecule has 1 aliphatic rings. The molecule has 0 bridgehead atoms. The van der Waals surface area contributed by atoms with Crippen LogP contribution in [0.2, 0.25) is 0 Å². The lowest BCUT2D eigenvalue weighted by Gasteiger charge is -2.32. The molecule has 1 saturated carbocycles. The van der Waals surface area contributed by atoms with E-state index in [1.165, 1.54) is 30.5 Å². The van der Waals surface area contributed by atoms with Gasteiger partial charge in [0.2, 0.25) is 0 Å². The van der Waals surface area contributed by atoms with Gasteiger partial charge in [-0.1, -0.05) is 38.1 Å². The Bertz CT molecular complexity index is 381. The van der Waals surface area contributed by atoms with Crippen molar-refractivity contribution in [1.29, 1.82) is 0 Å². The topological polar surface area (TPSA) is 29.3 Å². The summed E-state index contributed by atoms with van der Waals surface area (Å²) in [6, 6.07) is 9.34. The van der Waals surface area contributed by atoms with Crippen LogP contribution in [0.25, 0.3) is 0 Å². The van der Waals surface area contributed by atoms with E-state index < -0.39 is 0 Å². The second-order valence-corrected chi connectivity index (χ2v) is 5.89. The van der Waals surface area contributed by atoms with Gasteiger partial charge in [-0.25, -0.2) is 0 Å². The maximum absolute atomic E-state index is 6.46. The van der Waals surface area contributed by atoms with Crippen LogP contribution in [0.15, 0.2) is 24.3 Å². The largest absolute Gasteiger partial charge is 0.323 e. The van der Waals surface area contributed by atoms with Crippen LogP contribution in [0.4, 0.5) is 0 Å². The SMILES string of the molecule is CCc1ccc(C(N)C(C)N(CC)CC2CC2)cc1. The lowest BCUT2D eigenvalue weighted by atomic mass is 9.98. The van der Waals surface area contributed by atoms with Gasteiger partial charge in [0.25, 0.3) is 0 Å². The molecule has 0 heterocycles. The van der Waals surface area contributed by atoms with Gasteiger partial charge >= 0.3 is 0 Å². The predicted molar refractivity (Wildman–Crippen MR) is 82.2 cm³/mol. The van der Waals surface area contributed by atoms with Crippen molar-refractivity contribution >= 4 is 0 Å². The molecule has 1 aromatic carbocycles. The predicted octanol–water partition coefficient (Wildman–Crippen LogP) is 3.37. The van der Waals surface area contributed by atoms with E-state index in [9.17, 15) is 0 Å². The van der Waals surface area contributed by atoms with Crippen LogP contribution in [0.1, 0.15) is 50.8 Å². The molecule has 2 heteroatoms. The molecular weight excluding hydrogens is 232 g/mol. The molecule has 2 rings (SSSR count). The molecule has 0 aliphatic heterocycles. The zero-order valence-electron chi connectivity index (χ0n) is 12.6. The molecule has 19 heavy (non-hydrogen) atoms. The molecule has 2 unspecified atom stereocenters. The van der Waals surface area contributed by atoms with Crippen molar-refractivity contribution in [3.05, 3.63) is 35.4 Å². The van der Waals surface area contributed by atoms with E-state index in [0.717, 1.165) is 18.9 Å². The second-order valence-electron chi connectivity index (χ2n) is 5.89. The van der Waals surface area contributed by atoms with E-state index in [0.29, 0.717) is 6.04 Å². The number of aryl methyl sites for hydroxylation is 1. The molecule has 1 aliphatic carbocycles. The maximum atomic E-state index is 6.46. The number of rotatable bonds is 7. The summed E-state index contributed by atoms with van der Waals surface area (Å²) in [5, 5.41) is 0. The van der Waals surface area contributed by atoms with Crippen molar-refractivity contribution in [1.82, 2.24) is 4.90 Å².